The van der Waals surface area contributed by atoms with Crippen molar-refractivity contribution in [3.05, 3.63) is 71.8 Å². The van der Waals surface area contributed by atoms with E-state index in [2.05, 4.69) is 13.2 Å². The zero-order valence-corrected chi connectivity index (χ0v) is 18.7. The van der Waals surface area contributed by atoms with E-state index in [9.17, 15) is 16.8 Å². The lowest BCUT2D eigenvalue weighted by Gasteiger charge is -2.13. The van der Waals surface area contributed by atoms with E-state index >= 15 is 0 Å². The molecule has 0 fully saturated rings. The third-order valence-corrected chi connectivity index (χ3v) is 5.20. The van der Waals surface area contributed by atoms with Gasteiger partial charge in [0, 0.05) is 6.07 Å². The Morgan fingerprint density at radius 2 is 1.32 bits per heavy atom. The van der Waals surface area contributed by atoms with Gasteiger partial charge in [0.1, 0.15) is 11.5 Å². The molecule has 2 aromatic carbocycles. The van der Waals surface area contributed by atoms with Gasteiger partial charge < -0.3 is 17.8 Å². The second-order valence-corrected chi connectivity index (χ2v) is 10.3. The highest BCUT2D eigenvalue weighted by Crippen LogP contribution is 2.34. The Labute approximate surface area is 182 Å². The minimum absolute atomic E-state index is 0.0622. The SMILES string of the molecule is C=C(Cc1cc(OS(C)(=O)=O)cc(OS(C)(=O)=O)c1)C(=C)Cc1ccc2c(c1)OCO2. The summed E-state index contributed by atoms with van der Waals surface area (Å²) in [6.07, 6.45) is 2.58. The third kappa shape index (κ3) is 6.76. The van der Waals surface area contributed by atoms with E-state index in [1.165, 1.54) is 18.2 Å². The molecule has 31 heavy (non-hydrogen) atoms. The van der Waals surface area contributed by atoms with E-state index in [1.807, 2.05) is 18.2 Å². The molecule has 0 bridgehead atoms. The molecule has 1 aliphatic heterocycles. The van der Waals surface area contributed by atoms with Crippen LogP contribution in [0.15, 0.2) is 60.7 Å². The summed E-state index contributed by atoms with van der Waals surface area (Å²) in [6, 6.07) is 9.76. The smallest absolute Gasteiger partial charge is 0.306 e. The highest BCUT2D eigenvalue weighted by molar-refractivity contribution is 7.86. The van der Waals surface area contributed by atoms with Crippen LogP contribution < -0.4 is 17.8 Å². The standard InChI is InChI=1S/C21H22O8S2/c1-14(7-16-5-6-20-21(11-16)27-13-26-20)15(2)8-17-9-18(28-30(3,22)23)12-19(10-17)29-31(4,24)25/h5-6,9-12H,1-2,7-8,13H2,3-4H3. The van der Waals surface area contributed by atoms with Crippen LogP contribution in [-0.4, -0.2) is 36.1 Å². The molecule has 0 radical (unpaired) electrons. The molecule has 0 N–H and O–H groups in total. The highest BCUT2D eigenvalue weighted by Gasteiger charge is 2.15. The quantitative estimate of drug-likeness (QED) is 0.410. The molecule has 0 saturated carbocycles. The fraction of sp³-hybridized carbons (Fsp3) is 0.238. The second kappa shape index (κ2) is 8.64. The van der Waals surface area contributed by atoms with Crippen molar-refractivity contribution < 1.29 is 34.7 Å². The molecule has 1 heterocycles. The Kier molecular flexibility index (Phi) is 6.33. The third-order valence-electron chi connectivity index (χ3n) is 4.21. The van der Waals surface area contributed by atoms with Gasteiger partial charge in [0.05, 0.1) is 12.5 Å². The molecule has 0 unspecified atom stereocenters. The summed E-state index contributed by atoms with van der Waals surface area (Å²) in [5.74, 6) is 1.24. The van der Waals surface area contributed by atoms with Crippen molar-refractivity contribution in [2.75, 3.05) is 19.3 Å². The first-order valence-electron chi connectivity index (χ1n) is 9.05. The van der Waals surface area contributed by atoms with Gasteiger partial charge in [-0.25, -0.2) is 0 Å². The Hall–Kier alpha value is -2.98. The van der Waals surface area contributed by atoms with Crippen molar-refractivity contribution in [1.82, 2.24) is 0 Å². The van der Waals surface area contributed by atoms with Crippen molar-refractivity contribution in [3.63, 3.8) is 0 Å². The van der Waals surface area contributed by atoms with Crippen LogP contribution in [0.3, 0.4) is 0 Å². The molecule has 2 aromatic rings. The summed E-state index contributed by atoms with van der Waals surface area (Å²) in [7, 11) is -7.62. The number of hydrogen-bond donors (Lipinski definition) is 0. The van der Waals surface area contributed by atoms with E-state index < -0.39 is 20.2 Å². The Bertz CT molecular complexity index is 1190. The minimum atomic E-state index is -3.81. The van der Waals surface area contributed by atoms with Crippen molar-refractivity contribution in [2.45, 2.75) is 12.8 Å². The van der Waals surface area contributed by atoms with Gasteiger partial charge in [-0.05, 0) is 59.4 Å². The first kappa shape index (κ1) is 22.7. The van der Waals surface area contributed by atoms with Gasteiger partial charge in [-0.2, -0.15) is 16.8 Å². The molecular weight excluding hydrogens is 444 g/mol. The first-order chi connectivity index (χ1) is 14.4. The van der Waals surface area contributed by atoms with Crippen LogP contribution in [-0.2, 0) is 33.1 Å². The first-order valence-corrected chi connectivity index (χ1v) is 12.7. The van der Waals surface area contributed by atoms with Gasteiger partial charge in [-0.15, -0.1) is 0 Å². The lowest BCUT2D eigenvalue weighted by Crippen LogP contribution is -2.09. The van der Waals surface area contributed by atoms with Gasteiger partial charge in [0.2, 0.25) is 6.79 Å². The molecular formula is C21H22O8S2. The fourth-order valence-corrected chi connectivity index (χ4v) is 3.86. The van der Waals surface area contributed by atoms with Crippen molar-refractivity contribution in [3.8, 4) is 23.0 Å². The lowest BCUT2D eigenvalue weighted by atomic mass is 9.95. The van der Waals surface area contributed by atoms with Crippen molar-refractivity contribution in [1.29, 1.82) is 0 Å². The molecule has 0 spiro atoms. The number of hydrogen-bond acceptors (Lipinski definition) is 8. The summed E-state index contributed by atoms with van der Waals surface area (Å²) in [5, 5.41) is 0. The molecule has 8 nitrogen and oxygen atoms in total. The summed E-state index contributed by atoms with van der Waals surface area (Å²) in [4.78, 5) is 0. The number of benzene rings is 2. The predicted octanol–water partition coefficient (Wildman–Crippen LogP) is 2.99. The molecule has 0 saturated heterocycles. The zero-order chi connectivity index (χ0) is 22.8. The maximum Gasteiger partial charge on any atom is 0.306 e. The Balaban J connectivity index is 1.77. The van der Waals surface area contributed by atoms with E-state index in [4.69, 9.17) is 17.8 Å². The zero-order valence-electron chi connectivity index (χ0n) is 17.1. The van der Waals surface area contributed by atoms with E-state index in [0.29, 0.717) is 29.1 Å². The number of ether oxygens (including phenoxy) is 2. The molecule has 0 atom stereocenters. The average molecular weight is 467 g/mol. The maximum atomic E-state index is 11.5. The molecule has 1 aliphatic rings. The largest absolute Gasteiger partial charge is 0.454 e. The molecule has 166 valence electrons. The van der Waals surface area contributed by atoms with Crippen LogP contribution >= 0.6 is 0 Å². The maximum absolute atomic E-state index is 11.5. The van der Waals surface area contributed by atoms with Crippen molar-refractivity contribution in [2.24, 2.45) is 0 Å². The van der Waals surface area contributed by atoms with E-state index in [-0.39, 0.29) is 24.7 Å². The van der Waals surface area contributed by atoms with Gasteiger partial charge in [0.25, 0.3) is 0 Å². The summed E-state index contributed by atoms with van der Waals surface area (Å²) < 4.78 is 66.4. The van der Waals surface area contributed by atoms with Crippen LogP contribution in [0.1, 0.15) is 11.1 Å². The van der Waals surface area contributed by atoms with Gasteiger partial charge in [-0.3, -0.25) is 0 Å². The average Bonchev–Trinajstić information content (AvgIpc) is 3.06. The van der Waals surface area contributed by atoms with Gasteiger partial charge in [-0.1, -0.05) is 19.2 Å². The highest BCUT2D eigenvalue weighted by atomic mass is 32.2. The fourth-order valence-electron chi connectivity index (χ4n) is 2.97. The Morgan fingerprint density at radius 1 is 0.806 bits per heavy atom. The van der Waals surface area contributed by atoms with Crippen LogP contribution in [0.5, 0.6) is 23.0 Å². The van der Waals surface area contributed by atoms with Crippen LogP contribution in [0.25, 0.3) is 0 Å². The molecule has 0 amide bonds. The topological polar surface area (TPSA) is 105 Å². The van der Waals surface area contributed by atoms with Gasteiger partial charge in [0.15, 0.2) is 11.5 Å². The normalized spacial score (nSPS) is 13.0. The second-order valence-electron chi connectivity index (χ2n) is 7.14. The molecule has 10 heteroatoms. The van der Waals surface area contributed by atoms with Crippen LogP contribution in [0.4, 0.5) is 0 Å². The molecule has 3 rings (SSSR count). The number of rotatable bonds is 9. The lowest BCUT2D eigenvalue weighted by molar-refractivity contribution is 0.174. The van der Waals surface area contributed by atoms with Crippen molar-refractivity contribution >= 4 is 20.2 Å². The van der Waals surface area contributed by atoms with Crippen LogP contribution in [0.2, 0.25) is 0 Å². The predicted molar refractivity (Wildman–Crippen MR) is 116 cm³/mol. The Morgan fingerprint density at radius 3 is 1.87 bits per heavy atom. The molecule has 0 aromatic heterocycles. The van der Waals surface area contributed by atoms with Gasteiger partial charge >= 0.3 is 20.2 Å². The minimum Gasteiger partial charge on any atom is -0.454 e. The monoisotopic (exact) mass is 466 g/mol. The number of allylic oxidation sites excluding steroid dienone is 2. The summed E-state index contributed by atoms with van der Waals surface area (Å²) >= 11 is 0. The van der Waals surface area contributed by atoms with Crippen LogP contribution in [0, 0.1) is 0 Å². The van der Waals surface area contributed by atoms with E-state index in [1.54, 1.807) is 0 Å². The summed E-state index contributed by atoms with van der Waals surface area (Å²) in [5.41, 5.74) is 2.95. The molecule has 0 aliphatic carbocycles. The number of fused-ring (bicyclic) bond motifs is 1. The van der Waals surface area contributed by atoms with E-state index in [0.717, 1.165) is 23.6 Å². The summed E-state index contributed by atoms with van der Waals surface area (Å²) in [6.45, 7) is 8.32.